The number of aliphatic hydroxyl groups is 1. The second kappa shape index (κ2) is 6.19. The number of rotatable bonds is 4. The third-order valence-corrected chi connectivity index (χ3v) is 3.89. The molecule has 1 heterocycles. The molecular weight excluding hydrogens is 224 g/mol. The Morgan fingerprint density at radius 3 is 2.78 bits per heavy atom. The van der Waals surface area contributed by atoms with Crippen molar-refractivity contribution >= 4 is 5.82 Å². The molecule has 2 rings (SSSR count). The standard InChI is InChI=1S/C15H24N2O/c1-12(18)14-9-6-10-16-15(14)17(2)11-13-7-4-3-5-8-13/h6,9-10,12-13,18H,3-5,7-8,11H2,1-2H3. The highest BCUT2D eigenvalue weighted by molar-refractivity contribution is 5.47. The number of nitrogens with zero attached hydrogens (tertiary/aromatic N) is 2. The first-order valence-electron chi connectivity index (χ1n) is 7.02. The number of hydrogen-bond acceptors (Lipinski definition) is 3. The van der Waals surface area contributed by atoms with Crippen LogP contribution in [0.15, 0.2) is 18.3 Å². The zero-order valence-corrected chi connectivity index (χ0v) is 11.5. The molecule has 1 unspecified atom stereocenters. The molecule has 3 heteroatoms. The fourth-order valence-electron chi connectivity index (χ4n) is 2.90. The highest BCUT2D eigenvalue weighted by Crippen LogP contribution is 2.28. The zero-order chi connectivity index (χ0) is 13.0. The molecule has 18 heavy (non-hydrogen) atoms. The Balaban J connectivity index is 2.05. The Morgan fingerprint density at radius 1 is 1.39 bits per heavy atom. The van der Waals surface area contributed by atoms with Crippen LogP contribution >= 0.6 is 0 Å². The monoisotopic (exact) mass is 248 g/mol. The van der Waals surface area contributed by atoms with Crippen LogP contribution in [0.25, 0.3) is 0 Å². The molecule has 0 spiro atoms. The van der Waals surface area contributed by atoms with Gasteiger partial charge in [-0.2, -0.15) is 0 Å². The summed E-state index contributed by atoms with van der Waals surface area (Å²) in [4.78, 5) is 6.64. The van der Waals surface area contributed by atoms with Gasteiger partial charge in [0.2, 0.25) is 0 Å². The average Bonchev–Trinajstić information content (AvgIpc) is 2.40. The molecule has 1 fully saturated rings. The van der Waals surface area contributed by atoms with E-state index in [-0.39, 0.29) is 0 Å². The molecule has 0 bridgehead atoms. The molecule has 1 aliphatic rings. The fraction of sp³-hybridized carbons (Fsp3) is 0.667. The lowest BCUT2D eigenvalue weighted by Crippen LogP contribution is -2.28. The van der Waals surface area contributed by atoms with Gasteiger partial charge in [0.15, 0.2) is 0 Å². The lowest BCUT2D eigenvalue weighted by Gasteiger charge is -2.29. The van der Waals surface area contributed by atoms with E-state index in [1.54, 1.807) is 13.1 Å². The fourth-order valence-corrected chi connectivity index (χ4v) is 2.90. The topological polar surface area (TPSA) is 36.4 Å². The summed E-state index contributed by atoms with van der Waals surface area (Å²) in [6, 6.07) is 3.85. The highest BCUT2D eigenvalue weighted by Gasteiger charge is 2.18. The van der Waals surface area contributed by atoms with E-state index in [1.807, 2.05) is 12.1 Å². The van der Waals surface area contributed by atoms with E-state index in [0.29, 0.717) is 0 Å². The maximum absolute atomic E-state index is 9.79. The zero-order valence-electron chi connectivity index (χ0n) is 11.5. The molecule has 1 N–H and O–H groups in total. The van der Waals surface area contributed by atoms with Gasteiger partial charge >= 0.3 is 0 Å². The molecule has 100 valence electrons. The number of pyridine rings is 1. The summed E-state index contributed by atoms with van der Waals surface area (Å²) in [5, 5.41) is 9.79. The van der Waals surface area contributed by atoms with Crippen molar-refractivity contribution in [3.05, 3.63) is 23.9 Å². The minimum Gasteiger partial charge on any atom is -0.389 e. The van der Waals surface area contributed by atoms with Crippen LogP contribution in [0.3, 0.4) is 0 Å². The van der Waals surface area contributed by atoms with Crippen molar-refractivity contribution in [1.29, 1.82) is 0 Å². The first kappa shape index (κ1) is 13.3. The van der Waals surface area contributed by atoms with Crippen LogP contribution in [0.4, 0.5) is 5.82 Å². The molecule has 0 saturated heterocycles. The van der Waals surface area contributed by atoms with E-state index < -0.39 is 6.10 Å². The Bertz CT molecular complexity index is 373. The van der Waals surface area contributed by atoms with Gasteiger partial charge in [-0.25, -0.2) is 4.98 Å². The SMILES string of the molecule is CC(O)c1cccnc1N(C)CC1CCCCC1. The summed E-state index contributed by atoms with van der Waals surface area (Å²) >= 11 is 0. The van der Waals surface area contributed by atoms with Crippen molar-refractivity contribution in [2.45, 2.75) is 45.1 Å². The lowest BCUT2D eigenvalue weighted by molar-refractivity contribution is 0.199. The number of hydrogen-bond donors (Lipinski definition) is 1. The molecule has 1 aromatic rings. The highest BCUT2D eigenvalue weighted by atomic mass is 16.3. The summed E-state index contributed by atoms with van der Waals surface area (Å²) in [5.74, 6) is 1.71. The van der Waals surface area contributed by atoms with Crippen molar-refractivity contribution in [3.8, 4) is 0 Å². The van der Waals surface area contributed by atoms with E-state index in [4.69, 9.17) is 0 Å². The average molecular weight is 248 g/mol. The van der Waals surface area contributed by atoms with Gasteiger partial charge < -0.3 is 10.0 Å². The van der Waals surface area contributed by atoms with E-state index >= 15 is 0 Å². The number of aliphatic hydroxyl groups excluding tert-OH is 1. The maximum Gasteiger partial charge on any atom is 0.134 e. The lowest BCUT2D eigenvalue weighted by atomic mass is 9.89. The summed E-state index contributed by atoms with van der Waals surface area (Å²) in [7, 11) is 2.09. The molecule has 1 saturated carbocycles. The van der Waals surface area contributed by atoms with Crippen molar-refractivity contribution < 1.29 is 5.11 Å². The van der Waals surface area contributed by atoms with Crippen LogP contribution in [-0.2, 0) is 0 Å². The maximum atomic E-state index is 9.79. The van der Waals surface area contributed by atoms with Crippen LogP contribution in [0.1, 0.15) is 50.7 Å². The van der Waals surface area contributed by atoms with E-state index in [1.165, 1.54) is 32.1 Å². The first-order chi connectivity index (χ1) is 8.68. The van der Waals surface area contributed by atoms with Crippen molar-refractivity contribution in [1.82, 2.24) is 4.98 Å². The van der Waals surface area contributed by atoms with Gasteiger partial charge in [-0.15, -0.1) is 0 Å². The minimum absolute atomic E-state index is 0.456. The third-order valence-electron chi connectivity index (χ3n) is 3.89. The summed E-state index contributed by atoms with van der Waals surface area (Å²) in [6.45, 7) is 2.85. The van der Waals surface area contributed by atoms with Crippen molar-refractivity contribution in [2.24, 2.45) is 5.92 Å². The summed E-state index contributed by atoms with van der Waals surface area (Å²) in [5.41, 5.74) is 0.927. The minimum atomic E-state index is -0.456. The molecule has 1 aliphatic carbocycles. The van der Waals surface area contributed by atoms with E-state index in [9.17, 15) is 5.11 Å². The van der Waals surface area contributed by atoms with Gasteiger partial charge in [-0.3, -0.25) is 0 Å². The summed E-state index contributed by atoms with van der Waals surface area (Å²) < 4.78 is 0. The Hall–Kier alpha value is -1.09. The normalized spacial score (nSPS) is 18.6. The Labute approximate surface area is 110 Å². The molecule has 3 nitrogen and oxygen atoms in total. The number of aromatic nitrogens is 1. The quantitative estimate of drug-likeness (QED) is 0.889. The number of anilines is 1. The molecule has 1 atom stereocenters. The van der Waals surface area contributed by atoms with E-state index in [2.05, 4.69) is 16.9 Å². The van der Waals surface area contributed by atoms with Crippen LogP contribution in [-0.4, -0.2) is 23.7 Å². The molecule has 0 aliphatic heterocycles. The van der Waals surface area contributed by atoms with Gasteiger partial charge in [-0.1, -0.05) is 25.3 Å². The predicted octanol–water partition coefficient (Wildman–Crippen LogP) is 3.15. The van der Waals surface area contributed by atoms with Crippen LogP contribution < -0.4 is 4.90 Å². The van der Waals surface area contributed by atoms with Gasteiger partial charge in [0.1, 0.15) is 5.82 Å². The second-order valence-corrected chi connectivity index (χ2v) is 5.48. The van der Waals surface area contributed by atoms with Crippen molar-refractivity contribution in [3.63, 3.8) is 0 Å². The molecule has 0 amide bonds. The van der Waals surface area contributed by atoms with Crippen LogP contribution in [0.5, 0.6) is 0 Å². The van der Waals surface area contributed by atoms with Crippen LogP contribution in [0.2, 0.25) is 0 Å². The van der Waals surface area contributed by atoms with Gasteiger partial charge in [0, 0.05) is 25.4 Å². The third kappa shape index (κ3) is 3.22. The smallest absolute Gasteiger partial charge is 0.134 e. The van der Waals surface area contributed by atoms with Gasteiger partial charge in [-0.05, 0) is 31.7 Å². The van der Waals surface area contributed by atoms with Gasteiger partial charge in [0.05, 0.1) is 6.10 Å². The Morgan fingerprint density at radius 2 is 2.11 bits per heavy atom. The molecule has 1 aromatic heterocycles. The van der Waals surface area contributed by atoms with Crippen molar-refractivity contribution in [2.75, 3.05) is 18.5 Å². The summed E-state index contributed by atoms with van der Waals surface area (Å²) in [6.07, 6.45) is 8.14. The first-order valence-corrected chi connectivity index (χ1v) is 7.02. The molecule has 0 aromatic carbocycles. The van der Waals surface area contributed by atoms with Crippen LogP contribution in [0, 0.1) is 5.92 Å². The Kier molecular flexibility index (Phi) is 4.59. The predicted molar refractivity (Wildman–Crippen MR) is 74.7 cm³/mol. The largest absolute Gasteiger partial charge is 0.389 e. The second-order valence-electron chi connectivity index (χ2n) is 5.48. The van der Waals surface area contributed by atoms with Gasteiger partial charge in [0.25, 0.3) is 0 Å². The molecule has 0 radical (unpaired) electrons. The van der Waals surface area contributed by atoms with E-state index in [0.717, 1.165) is 23.8 Å². The molecular formula is C15H24N2O.